The lowest BCUT2D eigenvalue weighted by Crippen LogP contribution is -2.57. The molecule has 5 atom stereocenters. The first-order valence-electron chi connectivity index (χ1n) is 16.0. The lowest BCUT2D eigenvalue weighted by atomic mass is 9.93. The second kappa shape index (κ2) is 16.7. The Morgan fingerprint density at radius 3 is 2.46 bits per heavy atom. The molecule has 12 nitrogen and oxygen atoms in total. The molecule has 1 aromatic heterocycles. The number of hydrogen-bond donors (Lipinski definition) is 4. The van der Waals surface area contributed by atoms with Gasteiger partial charge in [0.15, 0.2) is 12.2 Å². The van der Waals surface area contributed by atoms with Crippen molar-refractivity contribution < 1.29 is 42.2 Å². The molecule has 0 bridgehead atoms. The van der Waals surface area contributed by atoms with Gasteiger partial charge in [0, 0.05) is 54.0 Å². The topological polar surface area (TPSA) is 165 Å². The summed E-state index contributed by atoms with van der Waals surface area (Å²) in [6.45, 7) is 3.39. The molecule has 4 rings (SSSR count). The van der Waals surface area contributed by atoms with Crippen LogP contribution in [0.3, 0.4) is 0 Å². The Morgan fingerprint density at radius 1 is 1.08 bits per heavy atom. The number of rotatable bonds is 16. The van der Waals surface area contributed by atoms with Gasteiger partial charge in [0.2, 0.25) is 11.8 Å². The number of halogens is 3. The first-order valence-corrected chi connectivity index (χ1v) is 16.3. The highest BCUT2D eigenvalue weighted by atomic mass is 35.5. The van der Waals surface area contributed by atoms with Gasteiger partial charge < -0.3 is 30.7 Å². The molecule has 260 valence electrons. The number of amides is 4. The van der Waals surface area contributed by atoms with Gasteiger partial charge in [0.25, 0.3) is 5.91 Å². The number of hydrogen-bond acceptors (Lipinski definition) is 8. The Hall–Kier alpha value is -4.33. The molecule has 0 spiro atoms. The molecule has 48 heavy (non-hydrogen) atoms. The normalized spacial score (nSPS) is 18.4. The monoisotopic (exact) mass is 691 g/mol. The predicted molar refractivity (Wildman–Crippen MR) is 170 cm³/mol. The number of alkyl halides is 2. The van der Waals surface area contributed by atoms with E-state index in [1.54, 1.807) is 0 Å². The fourth-order valence-electron chi connectivity index (χ4n) is 5.42. The summed E-state index contributed by atoms with van der Waals surface area (Å²) in [5.74, 6) is -6.79. The molecule has 2 aliphatic rings. The fraction of sp³-hybridized carbons (Fsp3) is 0.515. The van der Waals surface area contributed by atoms with Crippen molar-refractivity contribution in [2.24, 2.45) is 5.92 Å². The molecule has 15 heteroatoms. The lowest BCUT2D eigenvalue weighted by Gasteiger charge is -2.31. The summed E-state index contributed by atoms with van der Waals surface area (Å²) in [6.07, 6.45) is 0.663. The van der Waals surface area contributed by atoms with Crippen molar-refractivity contribution in [3.63, 3.8) is 0 Å². The zero-order chi connectivity index (χ0) is 34.8. The molecule has 4 amide bonds. The van der Waals surface area contributed by atoms with Gasteiger partial charge in [-0.25, -0.2) is 4.79 Å². The Kier molecular flexibility index (Phi) is 12.7. The number of unbranched alkanes of at least 4 members (excludes halogenated alkanes) is 1. The van der Waals surface area contributed by atoms with Crippen LogP contribution in [0.4, 0.5) is 13.6 Å². The van der Waals surface area contributed by atoms with E-state index in [2.05, 4.69) is 26.3 Å². The third-order valence-electron chi connectivity index (χ3n) is 8.08. The zero-order valence-corrected chi connectivity index (χ0v) is 27.4. The molecule has 1 aliphatic heterocycles. The Bertz CT molecular complexity index is 1460. The van der Waals surface area contributed by atoms with E-state index in [-0.39, 0.29) is 35.4 Å². The van der Waals surface area contributed by atoms with Crippen LogP contribution in [0.15, 0.2) is 48.8 Å². The molecule has 4 N–H and O–H groups in total. The first-order chi connectivity index (χ1) is 22.9. The molecule has 2 fully saturated rings. The standard InChI is InChI=1S/C33H40ClF2N5O7/c1-3-4-10-25(41-32(46)48-28(21-7-6-14-37-18-21)33(35,36)22-8-5-9-23(34)17-22)30(44)40-26(16-20-13-15-38-29(20)43)27(47-19(2)42)31(45)39-24-11-12-24/h5-9,14,17-18,20,24-28H,3-4,10-13,15-16H2,1-2H3,(H,38,43)(H,39,45)(H,40,44)(H,41,46)/t20-,25-,26-,27?,28?/m0/s1. The number of benzene rings is 1. The van der Waals surface area contributed by atoms with Crippen molar-refractivity contribution in [3.05, 3.63) is 64.9 Å². The van der Waals surface area contributed by atoms with E-state index < -0.39 is 65.6 Å². The number of aromatic nitrogens is 1. The number of carbonyl (C=O) groups excluding carboxylic acids is 5. The molecule has 1 aromatic carbocycles. The van der Waals surface area contributed by atoms with E-state index in [4.69, 9.17) is 21.1 Å². The van der Waals surface area contributed by atoms with E-state index in [9.17, 15) is 24.0 Å². The number of nitrogens with one attached hydrogen (secondary N) is 4. The highest BCUT2D eigenvalue weighted by Crippen LogP contribution is 2.43. The van der Waals surface area contributed by atoms with Crippen LogP contribution in [0, 0.1) is 5.92 Å². The van der Waals surface area contributed by atoms with E-state index >= 15 is 8.78 Å². The summed E-state index contributed by atoms with van der Waals surface area (Å²) >= 11 is 5.97. The van der Waals surface area contributed by atoms with Crippen molar-refractivity contribution in [2.45, 2.75) is 95.0 Å². The van der Waals surface area contributed by atoms with Crippen molar-refractivity contribution in [1.29, 1.82) is 0 Å². The van der Waals surface area contributed by atoms with E-state index in [0.717, 1.165) is 38.1 Å². The second-order valence-corrected chi connectivity index (χ2v) is 12.4. The molecule has 1 aliphatic carbocycles. The predicted octanol–water partition coefficient (Wildman–Crippen LogP) is 4.07. The van der Waals surface area contributed by atoms with Crippen LogP contribution in [0.1, 0.15) is 76.0 Å². The minimum absolute atomic E-state index is 0.0342. The molecular formula is C33H40ClF2N5O7. The summed E-state index contributed by atoms with van der Waals surface area (Å²) < 4.78 is 42.5. The van der Waals surface area contributed by atoms with Crippen molar-refractivity contribution >= 4 is 41.4 Å². The average Bonchev–Trinajstić information content (AvgIpc) is 3.78. The van der Waals surface area contributed by atoms with Gasteiger partial charge in [-0.15, -0.1) is 0 Å². The van der Waals surface area contributed by atoms with Gasteiger partial charge in [-0.2, -0.15) is 8.78 Å². The maximum Gasteiger partial charge on any atom is 0.408 e. The minimum atomic E-state index is -3.76. The number of pyridine rings is 1. The third kappa shape index (κ3) is 10.1. The van der Waals surface area contributed by atoms with Gasteiger partial charge in [0.05, 0.1) is 6.04 Å². The van der Waals surface area contributed by atoms with E-state index in [1.165, 1.54) is 30.5 Å². The Morgan fingerprint density at radius 2 is 1.85 bits per heavy atom. The van der Waals surface area contributed by atoms with Crippen LogP contribution >= 0.6 is 11.6 Å². The fourth-order valence-corrected chi connectivity index (χ4v) is 5.61. The van der Waals surface area contributed by atoms with Crippen LogP contribution in [0.25, 0.3) is 0 Å². The summed E-state index contributed by atoms with van der Waals surface area (Å²) in [4.78, 5) is 68.7. The summed E-state index contributed by atoms with van der Waals surface area (Å²) in [7, 11) is 0. The number of alkyl carbamates (subject to hydrolysis) is 1. The zero-order valence-electron chi connectivity index (χ0n) is 26.7. The number of esters is 1. The van der Waals surface area contributed by atoms with Gasteiger partial charge in [0.1, 0.15) is 6.04 Å². The Labute approximate surface area is 282 Å². The summed E-state index contributed by atoms with van der Waals surface area (Å²) in [6, 6.07) is 5.20. The summed E-state index contributed by atoms with van der Waals surface area (Å²) in [5.41, 5.74) is -0.607. The molecule has 1 saturated heterocycles. The maximum absolute atomic E-state index is 15.9. The van der Waals surface area contributed by atoms with Gasteiger partial charge in [-0.05, 0) is 50.3 Å². The lowest BCUT2D eigenvalue weighted by molar-refractivity contribution is -0.157. The highest BCUT2D eigenvalue weighted by molar-refractivity contribution is 6.30. The van der Waals surface area contributed by atoms with Crippen LogP contribution in [-0.4, -0.2) is 65.5 Å². The van der Waals surface area contributed by atoms with Crippen molar-refractivity contribution in [3.8, 4) is 0 Å². The molecule has 2 unspecified atom stereocenters. The average molecular weight is 692 g/mol. The second-order valence-electron chi connectivity index (χ2n) is 12.0. The smallest absolute Gasteiger partial charge is 0.408 e. The molecule has 2 heterocycles. The third-order valence-corrected chi connectivity index (χ3v) is 8.31. The quantitative estimate of drug-likeness (QED) is 0.191. The van der Waals surface area contributed by atoms with E-state index in [1.807, 2.05) is 6.92 Å². The molecule has 0 radical (unpaired) electrons. The maximum atomic E-state index is 15.9. The van der Waals surface area contributed by atoms with Gasteiger partial charge in [-0.3, -0.25) is 24.2 Å². The highest BCUT2D eigenvalue weighted by Gasteiger charge is 2.46. The number of carbonyl (C=O) groups is 5. The van der Waals surface area contributed by atoms with Crippen LogP contribution in [0.5, 0.6) is 0 Å². The largest absolute Gasteiger partial charge is 0.450 e. The minimum Gasteiger partial charge on any atom is -0.450 e. The number of ether oxygens (including phenoxy) is 2. The van der Waals surface area contributed by atoms with Crippen LogP contribution in [0.2, 0.25) is 5.02 Å². The molecule has 2 aromatic rings. The van der Waals surface area contributed by atoms with Gasteiger partial charge >= 0.3 is 18.0 Å². The first kappa shape index (κ1) is 36.5. The van der Waals surface area contributed by atoms with Crippen LogP contribution < -0.4 is 21.3 Å². The number of nitrogens with zero attached hydrogens (tertiary/aromatic N) is 1. The summed E-state index contributed by atoms with van der Waals surface area (Å²) in [5, 5.41) is 10.6. The van der Waals surface area contributed by atoms with Crippen LogP contribution in [-0.2, 0) is 34.6 Å². The van der Waals surface area contributed by atoms with Crippen molar-refractivity contribution in [2.75, 3.05) is 6.54 Å². The van der Waals surface area contributed by atoms with Crippen molar-refractivity contribution in [1.82, 2.24) is 26.3 Å². The molecular weight excluding hydrogens is 652 g/mol. The van der Waals surface area contributed by atoms with E-state index in [0.29, 0.717) is 25.8 Å². The SMILES string of the molecule is CCCC[C@H](NC(=O)OC(c1cccnc1)C(F)(F)c1cccc(Cl)c1)C(=O)N[C@@H](C[C@@H]1CCNC1=O)C(OC(C)=O)C(=O)NC1CC1. The van der Waals surface area contributed by atoms with Gasteiger partial charge in [-0.1, -0.05) is 49.6 Å². The molecule has 1 saturated carbocycles. The Balaban J connectivity index is 1.57.